The number of hydrogen-bond acceptors (Lipinski definition) is 3. The molecule has 0 amide bonds. The Balaban J connectivity index is 2.42. The summed E-state index contributed by atoms with van der Waals surface area (Å²) < 4.78 is 13.9. The molecule has 2 aromatic rings. The lowest BCUT2D eigenvalue weighted by atomic mass is 10.2. The van der Waals surface area contributed by atoms with Crippen molar-refractivity contribution in [3.05, 3.63) is 60.8 Å². The largest absolute Gasteiger partial charge is 0.350 e. The quantitative estimate of drug-likeness (QED) is 0.432. The summed E-state index contributed by atoms with van der Waals surface area (Å²) in [6.07, 6.45) is 0. The number of halogens is 4. The highest BCUT2D eigenvalue weighted by molar-refractivity contribution is 9.10. The van der Waals surface area contributed by atoms with Gasteiger partial charge in [0.05, 0.1) is 15.0 Å². The fraction of sp³-hybridized carbons (Fsp3) is 0. The van der Waals surface area contributed by atoms with Gasteiger partial charge in [-0.1, -0.05) is 39.1 Å². The molecule has 8 heteroatoms. The van der Waals surface area contributed by atoms with Gasteiger partial charge in [0.25, 0.3) is 5.69 Å². The molecule has 2 aromatic carbocycles. The van der Waals surface area contributed by atoms with Crippen LogP contribution in [0, 0.1) is 15.9 Å². The maximum Gasteiger partial charge on any atom is 0.293 e. The first kappa shape index (κ1) is 15.0. The fourth-order valence-electron chi connectivity index (χ4n) is 1.54. The van der Waals surface area contributed by atoms with Crippen molar-refractivity contribution in [1.29, 1.82) is 0 Å². The van der Waals surface area contributed by atoms with Gasteiger partial charge in [-0.15, -0.1) is 0 Å². The van der Waals surface area contributed by atoms with Crippen LogP contribution < -0.4 is 5.32 Å². The molecule has 0 saturated carbocycles. The first-order chi connectivity index (χ1) is 9.38. The van der Waals surface area contributed by atoms with E-state index in [0.717, 1.165) is 0 Å². The van der Waals surface area contributed by atoms with E-state index in [0.29, 0.717) is 10.2 Å². The summed E-state index contributed by atoms with van der Waals surface area (Å²) in [6.45, 7) is 0. The van der Waals surface area contributed by atoms with Crippen LogP contribution in [0.4, 0.5) is 21.5 Å². The van der Waals surface area contributed by atoms with Crippen LogP contribution in [-0.2, 0) is 0 Å². The van der Waals surface area contributed by atoms with Crippen LogP contribution in [0.5, 0.6) is 0 Å². The van der Waals surface area contributed by atoms with Gasteiger partial charge in [-0.05, 0) is 24.3 Å². The molecule has 1 N–H and O–H groups in total. The molecule has 0 saturated heterocycles. The molecular formula is C12H6BrCl2FN2O2. The van der Waals surface area contributed by atoms with Crippen molar-refractivity contribution in [3.8, 4) is 0 Å². The van der Waals surface area contributed by atoms with Crippen LogP contribution in [0.3, 0.4) is 0 Å². The zero-order valence-corrected chi connectivity index (χ0v) is 12.8. The molecule has 0 aliphatic rings. The topological polar surface area (TPSA) is 55.2 Å². The molecular weight excluding hydrogens is 374 g/mol. The lowest BCUT2D eigenvalue weighted by molar-refractivity contribution is -0.384. The third kappa shape index (κ3) is 3.20. The molecule has 0 radical (unpaired) electrons. The Morgan fingerprint density at radius 1 is 1.20 bits per heavy atom. The van der Waals surface area contributed by atoms with Crippen molar-refractivity contribution in [2.45, 2.75) is 0 Å². The molecule has 0 aromatic heterocycles. The molecule has 4 nitrogen and oxygen atoms in total. The third-order valence-corrected chi connectivity index (χ3v) is 3.46. The van der Waals surface area contributed by atoms with Crippen LogP contribution in [0.15, 0.2) is 34.8 Å². The van der Waals surface area contributed by atoms with Crippen molar-refractivity contribution in [2.75, 3.05) is 5.32 Å². The lowest BCUT2D eigenvalue weighted by Gasteiger charge is -2.09. The Kier molecular flexibility index (Phi) is 4.47. The average Bonchev–Trinajstić information content (AvgIpc) is 2.37. The number of nitro benzene ring substituents is 1. The molecule has 2 rings (SSSR count). The van der Waals surface area contributed by atoms with Crippen LogP contribution in [0.2, 0.25) is 10.0 Å². The second-order valence-electron chi connectivity index (χ2n) is 3.80. The van der Waals surface area contributed by atoms with Gasteiger partial charge in [0.15, 0.2) is 5.82 Å². The SMILES string of the molecule is O=[N+]([O-])c1cc(Br)ccc1Nc1cc(Cl)c(F)c(Cl)c1. The molecule has 0 fully saturated rings. The van der Waals surface area contributed by atoms with Crippen LogP contribution in [0.25, 0.3) is 0 Å². The van der Waals surface area contributed by atoms with E-state index in [1.165, 1.54) is 24.3 Å². The number of nitrogens with one attached hydrogen (secondary N) is 1. The summed E-state index contributed by atoms with van der Waals surface area (Å²) in [5, 5.41) is 13.4. The fourth-order valence-corrected chi connectivity index (χ4v) is 2.38. The summed E-state index contributed by atoms with van der Waals surface area (Å²) in [7, 11) is 0. The second kappa shape index (κ2) is 5.95. The molecule has 0 bridgehead atoms. The van der Waals surface area contributed by atoms with Gasteiger partial charge >= 0.3 is 0 Å². The summed E-state index contributed by atoms with van der Waals surface area (Å²) in [5.41, 5.74) is 0.472. The molecule has 0 heterocycles. The molecule has 20 heavy (non-hydrogen) atoms. The van der Waals surface area contributed by atoms with Crippen molar-refractivity contribution in [3.63, 3.8) is 0 Å². The summed E-state index contributed by atoms with van der Waals surface area (Å²) in [5.74, 6) is -0.732. The highest BCUT2D eigenvalue weighted by Gasteiger charge is 2.15. The Morgan fingerprint density at radius 3 is 2.35 bits per heavy atom. The number of hydrogen-bond donors (Lipinski definition) is 1. The zero-order valence-electron chi connectivity index (χ0n) is 9.66. The van der Waals surface area contributed by atoms with E-state index < -0.39 is 10.7 Å². The zero-order chi connectivity index (χ0) is 14.9. The number of nitrogens with zero attached hydrogens (tertiary/aromatic N) is 1. The molecule has 0 atom stereocenters. The lowest BCUT2D eigenvalue weighted by Crippen LogP contribution is -1.97. The second-order valence-corrected chi connectivity index (χ2v) is 5.53. The first-order valence-electron chi connectivity index (χ1n) is 5.24. The Bertz CT molecular complexity index is 674. The first-order valence-corrected chi connectivity index (χ1v) is 6.79. The third-order valence-electron chi connectivity index (χ3n) is 2.42. The Hall–Kier alpha value is -1.37. The number of anilines is 2. The van der Waals surface area contributed by atoms with E-state index in [9.17, 15) is 14.5 Å². The maximum absolute atomic E-state index is 13.3. The minimum absolute atomic E-state index is 0.129. The summed E-state index contributed by atoms with van der Waals surface area (Å²) >= 11 is 14.5. The van der Waals surface area contributed by atoms with Crippen LogP contribution >= 0.6 is 39.1 Å². The van der Waals surface area contributed by atoms with E-state index in [1.807, 2.05) is 0 Å². The Morgan fingerprint density at radius 2 is 1.80 bits per heavy atom. The summed E-state index contributed by atoms with van der Waals surface area (Å²) in [4.78, 5) is 10.5. The monoisotopic (exact) mass is 378 g/mol. The highest BCUT2D eigenvalue weighted by Crippen LogP contribution is 2.33. The summed E-state index contributed by atoms with van der Waals surface area (Å²) in [6, 6.07) is 7.12. The van der Waals surface area contributed by atoms with Crippen molar-refractivity contribution in [2.24, 2.45) is 0 Å². The van der Waals surface area contributed by atoms with E-state index in [1.54, 1.807) is 6.07 Å². The van der Waals surface area contributed by atoms with Gasteiger partial charge in [-0.3, -0.25) is 10.1 Å². The van der Waals surface area contributed by atoms with Gasteiger partial charge in [-0.2, -0.15) is 0 Å². The standard InChI is InChI=1S/C12H6BrCl2FN2O2/c13-6-1-2-10(11(3-6)18(19)20)17-7-4-8(14)12(16)9(15)5-7/h1-5,17H. The van der Waals surface area contributed by atoms with Gasteiger partial charge in [-0.25, -0.2) is 4.39 Å². The van der Waals surface area contributed by atoms with Gasteiger partial charge in [0, 0.05) is 16.2 Å². The van der Waals surface area contributed by atoms with Gasteiger partial charge < -0.3 is 5.32 Å². The van der Waals surface area contributed by atoms with Gasteiger partial charge in [0.2, 0.25) is 0 Å². The predicted molar refractivity (Wildman–Crippen MR) is 80.5 cm³/mol. The Labute approximate surface area is 131 Å². The molecule has 0 spiro atoms. The molecule has 104 valence electrons. The minimum atomic E-state index is -0.732. The smallest absolute Gasteiger partial charge is 0.293 e. The number of nitro groups is 1. The maximum atomic E-state index is 13.3. The minimum Gasteiger partial charge on any atom is -0.350 e. The normalized spacial score (nSPS) is 10.4. The van der Waals surface area contributed by atoms with Crippen molar-refractivity contribution < 1.29 is 9.31 Å². The number of rotatable bonds is 3. The van der Waals surface area contributed by atoms with E-state index in [4.69, 9.17) is 23.2 Å². The van der Waals surface area contributed by atoms with Crippen molar-refractivity contribution >= 4 is 56.2 Å². The van der Waals surface area contributed by atoms with E-state index >= 15 is 0 Å². The van der Waals surface area contributed by atoms with Gasteiger partial charge in [0.1, 0.15) is 5.69 Å². The van der Waals surface area contributed by atoms with Crippen molar-refractivity contribution in [1.82, 2.24) is 0 Å². The molecule has 0 unspecified atom stereocenters. The van der Waals surface area contributed by atoms with Crippen LogP contribution in [0.1, 0.15) is 0 Å². The predicted octanol–water partition coefficient (Wildman–Crippen LogP) is 5.55. The molecule has 0 aliphatic carbocycles. The number of benzene rings is 2. The van der Waals surface area contributed by atoms with E-state index in [-0.39, 0.29) is 21.4 Å². The van der Waals surface area contributed by atoms with E-state index in [2.05, 4.69) is 21.2 Å². The highest BCUT2D eigenvalue weighted by atomic mass is 79.9. The van der Waals surface area contributed by atoms with Crippen LogP contribution in [-0.4, -0.2) is 4.92 Å². The average molecular weight is 380 g/mol. The molecule has 0 aliphatic heterocycles.